The van der Waals surface area contributed by atoms with Crippen LogP contribution in [0.3, 0.4) is 0 Å². The lowest BCUT2D eigenvalue weighted by atomic mass is 9.57. The van der Waals surface area contributed by atoms with Gasteiger partial charge in [0.05, 0.1) is 5.60 Å². The van der Waals surface area contributed by atoms with Gasteiger partial charge in [-0.25, -0.2) is 0 Å². The molecule has 0 heterocycles. The molecule has 0 spiro atoms. The molecule has 16 heavy (non-hydrogen) atoms. The summed E-state index contributed by atoms with van der Waals surface area (Å²) in [5.41, 5.74) is 7.94. The van der Waals surface area contributed by atoms with E-state index in [9.17, 15) is 5.11 Å². The molecular weight excluding hydrogens is 198 g/mol. The van der Waals surface area contributed by atoms with Crippen LogP contribution in [0.25, 0.3) is 0 Å². The van der Waals surface area contributed by atoms with Crippen LogP contribution in [0.2, 0.25) is 0 Å². The fourth-order valence-corrected chi connectivity index (χ4v) is 3.43. The number of nitrogens with two attached hydrogens (primary N) is 1. The smallest absolute Gasteiger partial charge is 0.0796 e. The number of hydrogen-bond acceptors (Lipinski definition) is 2. The van der Waals surface area contributed by atoms with Gasteiger partial charge in [-0.1, -0.05) is 30.7 Å². The van der Waals surface area contributed by atoms with E-state index >= 15 is 0 Å². The molecular formula is C14H19NO. The molecule has 3 N–H and O–H groups in total. The molecule has 1 saturated carbocycles. The van der Waals surface area contributed by atoms with Gasteiger partial charge in [-0.2, -0.15) is 0 Å². The molecule has 0 bridgehead atoms. The molecule has 0 aliphatic heterocycles. The lowest BCUT2D eigenvalue weighted by molar-refractivity contribution is -0.115. The molecule has 2 nitrogen and oxygen atoms in total. The Morgan fingerprint density at radius 1 is 1.12 bits per heavy atom. The van der Waals surface area contributed by atoms with E-state index in [2.05, 4.69) is 24.3 Å². The van der Waals surface area contributed by atoms with E-state index in [4.69, 9.17) is 5.73 Å². The summed E-state index contributed by atoms with van der Waals surface area (Å²) in [7, 11) is 0. The van der Waals surface area contributed by atoms with Crippen molar-refractivity contribution in [2.45, 2.75) is 37.7 Å². The Balaban J connectivity index is 1.93. The summed E-state index contributed by atoms with van der Waals surface area (Å²) in [5, 5.41) is 10.9. The first kappa shape index (κ1) is 10.3. The molecule has 3 rings (SSSR count). The second-order valence-corrected chi connectivity index (χ2v) is 5.49. The molecule has 2 aliphatic carbocycles. The van der Waals surface area contributed by atoms with Gasteiger partial charge >= 0.3 is 0 Å². The molecule has 1 fully saturated rings. The normalized spacial score (nSPS) is 24.9. The highest BCUT2D eigenvalue weighted by Crippen LogP contribution is 2.53. The maximum atomic E-state index is 10.9. The summed E-state index contributed by atoms with van der Waals surface area (Å²) in [4.78, 5) is 0. The van der Waals surface area contributed by atoms with Crippen molar-refractivity contribution in [3.8, 4) is 0 Å². The Labute approximate surface area is 96.5 Å². The number of fused-ring (bicyclic) bond motifs is 1. The molecule has 0 amide bonds. The highest BCUT2D eigenvalue weighted by molar-refractivity contribution is 5.37. The van der Waals surface area contributed by atoms with Crippen LogP contribution in [0.15, 0.2) is 24.3 Å². The van der Waals surface area contributed by atoms with Crippen LogP contribution in [0.5, 0.6) is 0 Å². The van der Waals surface area contributed by atoms with Gasteiger partial charge in [0.2, 0.25) is 0 Å². The summed E-state index contributed by atoms with van der Waals surface area (Å²) >= 11 is 0. The Hall–Kier alpha value is -0.860. The number of aliphatic hydroxyl groups is 1. The third-order valence-electron chi connectivity index (χ3n) is 4.77. The predicted molar refractivity (Wildman–Crippen MR) is 64.1 cm³/mol. The molecule has 0 unspecified atom stereocenters. The van der Waals surface area contributed by atoms with Crippen molar-refractivity contribution in [3.05, 3.63) is 35.4 Å². The van der Waals surface area contributed by atoms with E-state index < -0.39 is 5.60 Å². The zero-order valence-electron chi connectivity index (χ0n) is 9.58. The molecule has 0 radical (unpaired) electrons. The van der Waals surface area contributed by atoms with Gasteiger partial charge in [-0.05, 0) is 24.0 Å². The van der Waals surface area contributed by atoms with E-state index in [1.165, 1.54) is 17.5 Å². The lowest BCUT2D eigenvalue weighted by Crippen LogP contribution is -2.57. The fraction of sp³-hybridized carbons (Fsp3) is 0.571. The van der Waals surface area contributed by atoms with Crippen LogP contribution >= 0.6 is 0 Å². The van der Waals surface area contributed by atoms with Gasteiger partial charge in [0.1, 0.15) is 0 Å². The van der Waals surface area contributed by atoms with Crippen molar-refractivity contribution in [1.29, 1.82) is 0 Å². The zero-order valence-corrected chi connectivity index (χ0v) is 9.58. The molecule has 86 valence electrons. The first-order chi connectivity index (χ1) is 7.69. The van der Waals surface area contributed by atoms with E-state index in [0.29, 0.717) is 6.54 Å². The third kappa shape index (κ3) is 1.20. The van der Waals surface area contributed by atoms with E-state index in [-0.39, 0.29) is 5.41 Å². The summed E-state index contributed by atoms with van der Waals surface area (Å²) in [6.07, 6.45) is 4.98. The summed E-state index contributed by atoms with van der Waals surface area (Å²) < 4.78 is 0. The lowest BCUT2D eigenvalue weighted by Gasteiger charge is -2.51. The Morgan fingerprint density at radius 3 is 2.06 bits per heavy atom. The summed E-state index contributed by atoms with van der Waals surface area (Å²) in [5.74, 6) is 0. The standard InChI is InChI=1S/C14H19NO/c15-10-13(6-3-7-13)14(16)8-11-4-1-2-5-12(11)9-14/h1-2,4-5,16H,3,6-10,15H2. The van der Waals surface area contributed by atoms with Crippen molar-refractivity contribution < 1.29 is 5.11 Å². The minimum atomic E-state index is -0.580. The van der Waals surface area contributed by atoms with Gasteiger partial charge in [-0.3, -0.25) is 0 Å². The van der Waals surface area contributed by atoms with Crippen LogP contribution in [0, 0.1) is 5.41 Å². The largest absolute Gasteiger partial charge is 0.389 e. The molecule has 2 heteroatoms. The topological polar surface area (TPSA) is 46.2 Å². The minimum absolute atomic E-state index is 0.00792. The quantitative estimate of drug-likeness (QED) is 0.791. The second-order valence-electron chi connectivity index (χ2n) is 5.49. The molecule has 2 aliphatic rings. The minimum Gasteiger partial charge on any atom is -0.389 e. The summed E-state index contributed by atoms with van der Waals surface area (Å²) in [6.45, 7) is 0.623. The molecule has 1 aromatic rings. The summed E-state index contributed by atoms with van der Waals surface area (Å²) in [6, 6.07) is 8.38. The van der Waals surface area contributed by atoms with E-state index in [0.717, 1.165) is 25.7 Å². The average Bonchev–Trinajstić information content (AvgIpc) is 2.53. The van der Waals surface area contributed by atoms with Crippen LogP contribution < -0.4 is 5.73 Å². The van der Waals surface area contributed by atoms with Crippen LogP contribution in [0.4, 0.5) is 0 Å². The van der Waals surface area contributed by atoms with Gasteiger partial charge in [0.15, 0.2) is 0 Å². The third-order valence-corrected chi connectivity index (χ3v) is 4.77. The van der Waals surface area contributed by atoms with Crippen LogP contribution in [-0.4, -0.2) is 17.3 Å². The first-order valence-corrected chi connectivity index (χ1v) is 6.18. The van der Waals surface area contributed by atoms with E-state index in [1.807, 2.05) is 0 Å². The van der Waals surface area contributed by atoms with Crippen LogP contribution in [0.1, 0.15) is 30.4 Å². The van der Waals surface area contributed by atoms with E-state index in [1.54, 1.807) is 0 Å². The van der Waals surface area contributed by atoms with Crippen molar-refractivity contribution in [2.24, 2.45) is 11.1 Å². The van der Waals surface area contributed by atoms with Crippen LogP contribution in [-0.2, 0) is 12.8 Å². The zero-order chi connectivity index (χ0) is 11.2. The predicted octanol–water partition coefficient (Wildman–Crippen LogP) is 1.65. The van der Waals surface area contributed by atoms with Gasteiger partial charge in [0.25, 0.3) is 0 Å². The van der Waals surface area contributed by atoms with Crippen molar-refractivity contribution in [1.82, 2.24) is 0 Å². The molecule has 0 aromatic heterocycles. The highest BCUT2D eigenvalue weighted by atomic mass is 16.3. The molecule has 1 aromatic carbocycles. The maximum Gasteiger partial charge on any atom is 0.0796 e. The number of benzene rings is 1. The Morgan fingerprint density at radius 2 is 1.69 bits per heavy atom. The molecule has 0 atom stereocenters. The Kier molecular flexibility index (Phi) is 2.13. The van der Waals surface area contributed by atoms with Crippen molar-refractivity contribution in [3.63, 3.8) is 0 Å². The Bertz CT molecular complexity index is 378. The molecule has 0 saturated heterocycles. The van der Waals surface area contributed by atoms with Gasteiger partial charge in [0, 0.05) is 24.8 Å². The van der Waals surface area contributed by atoms with Gasteiger partial charge < -0.3 is 10.8 Å². The van der Waals surface area contributed by atoms with Crippen molar-refractivity contribution in [2.75, 3.05) is 6.54 Å². The fourth-order valence-electron chi connectivity index (χ4n) is 3.43. The number of rotatable bonds is 2. The second kappa shape index (κ2) is 3.31. The SMILES string of the molecule is NCC1(C2(O)Cc3ccccc3C2)CCC1. The maximum absolute atomic E-state index is 10.9. The first-order valence-electron chi connectivity index (χ1n) is 6.18. The van der Waals surface area contributed by atoms with Crippen molar-refractivity contribution >= 4 is 0 Å². The number of hydrogen-bond donors (Lipinski definition) is 2. The van der Waals surface area contributed by atoms with Gasteiger partial charge in [-0.15, -0.1) is 0 Å². The highest BCUT2D eigenvalue weighted by Gasteiger charge is 2.55. The monoisotopic (exact) mass is 217 g/mol. The average molecular weight is 217 g/mol.